The van der Waals surface area contributed by atoms with Gasteiger partial charge in [0.25, 0.3) is 0 Å². The third-order valence-electron chi connectivity index (χ3n) is 3.30. The maximum Gasteiger partial charge on any atom is 0.121 e. The van der Waals surface area contributed by atoms with Crippen molar-refractivity contribution < 1.29 is 9.47 Å². The molecule has 0 aliphatic heterocycles. The summed E-state index contributed by atoms with van der Waals surface area (Å²) in [7, 11) is 3.38. The van der Waals surface area contributed by atoms with E-state index in [0.29, 0.717) is 0 Å². The molecule has 2 aromatic rings. The zero-order chi connectivity index (χ0) is 14.4. The van der Waals surface area contributed by atoms with Crippen molar-refractivity contribution in [2.45, 2.75) is 13.3 Å². The van der Waals surface area contributed by atoms with E-state index in [0.717, 1.165) is 35.7 Å². The summed E-state index contributed by atoms with van der Waals surface area (Å²) in [6.07, 6.45) is 0.981. The molecule has 0 atom stereocenters. The lowest BCUT2D eigenvalue weighted by Crippen LogP contribution is -2.05. The lowest BCUT2D eigenvalue weighted by atomic mass is 10.1. The fourth-order valence-electron chi connectivity index (χ4n) is 2.13. The minimum absolute atomic E-state index is 0.896. The van der Waals surface area contributed by atoms with Crippen molar-refractivity contribution in [1.82, 2.24) is 0 Å². The molecule has 0 saturated heterocycles. The predicted molar refractivity (Wildman–Crippen MR) is 82.9 cm³/mol. The molecule has 2 aromatic carbocycles. The van der Waals surface area contributed by atoms with Crippen LogP contribution in [-0.4, -0.2) is 20.8 Å². The molecule has 0 spiro atoms. The normalized spacial score (nSPS) is 10.2. The van der Waals surface area contributed by atoms with Gasteiger partial charge in [0.05, 0.1) is 14.2 Å². The molecular weight excluding hydrogens is 250 g/mol. The van der Waals surface area contributed by atoms with Crippen LogP contribution in [0.2, 0.25) is 0 Å². The molecule has 0 radical (unpaired) electrons. The molecule has 0 heterocycles. The molecule has 0 saturated carbocycles. The maximum absolute atomic E-state index is 5.26. The van der Waals surface area contributed by atoms with E-state index in [9.17, 15) is 0 Å². The third kappa shape index (κ3) is 3.67. The Balaban J connectivity index is 1.87. The van der Waals surface area contributed by atoms with Gasteiger partial charge >= 0.3 is 0 Å². The summed E-state index contributed by atoms with van der Waals surface area (Å²) in [5, 5.41) is 3.43. The number of hydrogen-bond acceptors (Lipinski definition) is 3. The molecule has 20 heavy (non-hydrogen) atoms. The summed E-state index contributed by atoms with van der Waals surface area (Å²) in [5.41, 5.74) is 3.56. The van der Waals surface area contributed by atoms with Crippen molar-refractivity contribution >= 4 is 5.69 Å². The summed E-state index contributed by atoms with van der Waals surface area (Å²) in [6.45, 7) is 2.95. The van der Waals surface area contributed by atoms with Crippen molar-refractivity contribution in [3.8, 4) is 11.5 Å². The highest BCUT2D eigenvalue weighted by atomic mass is 16.5. The molecule has 2 rings (SSSR count). The first-order valence-electron chi connectivity index (χ1n) is 6.74. The molecule has 0 fully saturated rings. The average Bonchev–Trinajstić information content (AvgIpc) is 2.48. The van der Waals surface area contributed by atoms with Crippen LogP contribution in [0.25, 0.3) is 0 Å². The molecule has 0 bridgehead atoms. The molecule has 0 aromatic heterocycles. The molecule has 3 nitrogen and oxygen atoms in total. The zero-order valence-corrected chi connectivity index (χ0v) is 12.3. The van der Waals surface area contributed by atoms with Gasteiger partial charge < -0.3 is 14.8 Å². The number of methoxy groups -OCH3 is 2. The molecule has 0 aliphatic rings. The van der Waals surface area contributed by atoms with Crippen molar-refractivity contribution in [3.05, 3.63) is 53.6 Å². The third-order valence-corrected chi connectivity index (χ3v) is 3.30. The second-order valence-corrected chi connectivity index (χ2v) is 4.71. The quantitative estimate of drug-likeness (QED) is 0.869. The number of rotatable bonds is 6. The molecule has 0 aliphatic carbocycles. The Hall–Kier alpha value is -2.16. The lowest BCUT2D eigenvalue weighted by Gasteiger charge is -2.10. The highest BCUT2D eigenvalue weighted by Gasteiger charge is 2.00. The fraction of sp³-hybridized carbons (Fsp3) is 0.294. The minimum Gasteiger partial charge on any atom is -0.497 e. The van der Waals surface area contributed by atoms with E-state index in [1.54, 1.807) is 14.2 Å². The van der Waals surface area contributed by atoms with Crippen LogP contribution in [0.3, 0.4) is 0 Å². The van der Waals surface area contributed by atoms with Crippen LogP contribution in [0.1, 0.15) is 11.1 Å². The van der Waals surface area contributed by atoms with E-state index in [2.05, 4.69) is 23.5 Å². The largest absolute Gasteiger partial charge is 0.497 e. The Kier molecular flexibility index (Phi) is 4.88. The van der Waals surface area contributed by atoms with Crippen LogP contribution >= 0.6 is 0 Å². The highest BCUT2D eigenvalue weighted by Crippen LogP contribution is 2.21. The number of hydrogen-bond donors (Lipinski definition) is 1. The van der Waals surface area contributed by atoms with E-state index >= 15 is 0 Å². The highest BCUT2D eigenvalue weighted by molar-refractivity contribution is 5.50. The Labute approximate surface area is 120 Å². The van der Waals surface area contributed by atoms with Crippen LogP contribution in [0.5, 0.6) is 11.5 Å². The van der Waals surface area contributed by atoms with Gasteiger partial charge in [-0.2, -0.15) is 0 Å². The Morgan fingerprint density at radius 3 is 2.30 bits per heavy atom. The monoisotopic (exact) mass is 271 g/mol. The molecule has 3 heteroatoms. The summed E-state index contributed by atoms with van der Waals surface area (Å²) in [5.74, 6) is 1.82. The second kappa shape index (κ2) is 6.85. The van der Waals surface area contributed by atoms with Gasteiger partial charge in [0.1, 0.15) is 11.5 Å². The van der Waals surface area contributed by atoms with E-state index in [4.69, 9.17) is 9.47 Å². The smallest absolute Gasteiger partial charge is 0.121 e. The molecule has 106 valence electrons. The Morgan fingerprint density at radius 1 is 0.950 bits per heavy atom. The molecular formula is C17H21NO2. The lowest BCUT2D eigenvalue weighted by molar-refractivity contribution is 0.412. The summed E-state index contributed by atoms with van der Waals surface area (Å²) >= 11 is 0. The minimum atomic E-state index is 0.896. The zero-order valence-electron chi connectivity index (χ0n) is 12.3. The number of nitrogens with one attached hydrogen (secondary N) is 1. The van der Waals surface area contributed by atoms with Crippen LogP contribution in [0.15, 0.2) is 42.5 Å². The van der Waals surface area contributed by atoms with Gasteiger partial charge in [-0.3, -0.25) is 0 Å². The van der Waals surface area contributed by atoms with E-state index in [1.807, 2.05) is 31.2 Å². The molecule has 1 N–H and O–H groups in total. The fourth-order valence-corrected chi connectivity index (χ4v) is 2.13. The first-order valence-corrected chi connectivity index (χ1v) is 6.74. The van der Waals surface area contributed by atoms with Gasteiger partial charge in [-0.25, -0.2) is 0 Å². The van der Waals surface area contributed by atoms with Crippen LogP contribution in [0.4, 0.5) is 5.69 Å². The van der Waals surface area contributed by atoms with E-state index in [-0.39, 0.29) is 0 Å². The summed E-state index contributed by atoms with van der Waals surface area (Å²) in [4.78, 5) is 0. The van der Waals surface area contributed by atoms with Crippen LogP contribution < -0.4 is 14.8 Å². The van der Waals surface area contributed by atoms with Crippen molar-refractivity contribution in [3.63, 3.8) is 0 Å². The summed E-state index contributed by atoms with van der Waals surface area (Å²) < 4.78 is 10.4. The average molecular weight is 271 g/mol. The SMILES string of the molecule is COc1ccc(CCNc2ccc(OC)c(C)c2)cc1. The predicted octanol–water partition coefficient (Wildman–Crippen LogP) is 3.67. The first kappa shape index (κ1) is 14.3. The van der Waals surface area contributed by atoms with Crippen LogP contribution in [0, 0.1) is 6.92 Å². The second-order valence-electron chi connectivity index (χ2n) is 4.71. The van der Waals surface area contributed by atoms with E-state index in [1.165, 1.54) is 5.56 Å². The van der Waals surface area contributed by atoms with Crippen molar-refractivity contribution in [2.24, 2.45) is 0 Å². The number of aryl methyl sites for hydroxylation is 1. The summed E-state index contributed by atoms with van der Waals surface area (Å²) in [6, 6.07) is 14.3. The van der Waals surface area contributed by atoms with Gasteiger partial charge in [-0.1, -0.05) is 12.1 Å². The number of anilines is 1. The van der Waals surface area contributed by atoms with Gasteiger partial charge in [-0.15, -0.1) is 0 Å². The van der Waals surface area contributed by atoms with Crippen molar-refractivity contribution in [2.75, 3.05) is 26.1 Å². The Morgan fingerprint density at radius 2 is 1.70 bits per heavy atom. The first-order chi connectivity index (χ1) is 9.72. The van der Waals surface area contributed by atoms with Crippen LogP contribution in [-0.2, 0) is 6.42 Å². The number of ether oxygens (including phenoxy) is 2. The molecule has 0 unspecified atom stereocenters. The topological polar surface area (TPSA) is 30.5 Å². The van der Waals surface area contributed by atoms with Gasteiger partial charge in [0.15, 0.2) is 0 Å². The van der Waals surface area contributed by atoms with Crippen molar-refractivity contribution in [1.29, 1.82) is 0 Å². The van der Waals surface area contributed by atoms with Gasteiger partial charge in [0.2, 0.25) is 0 Å². The van der Waals surface area contributed by atoms with Gasteiger partial charge in [0, 0.05) is 12.2 Å². The van der Waals surface area contributed by atoms with E-state index < -0.39 is 0 Å². The standard InChI is InChI=1S/C17H21NO2/c1-13-12-15(6-9-17(13)20-3)18-11-10-14-4-7-16(19-2)8-5-14/h4-9,12,18H,10-11H2,1-3H3. The van der Waals surface area contributed by atoms with Gasteiger partial charge in [-0.05, 0) is 54.8 Å². The molecule has 0 amide bonds. The Bertz CT molecular complexity index is 549. The number of benzene rings is 2. The maximum atomic E-state index is 5.26.